The molecule has 45 heavy (non-hydrogen) atoms. The molecule has 6 rings (SSSR count). The van der Waals surface area contributed by atoms with Crippen LogP contribution in [0.3, 0.4) is 0 Å². The minimum Gasteiger partial charge on any atom is -0.184 e. The predicted octanol–water partition coefficient (Wildman–Crippen LogP) is 9.89. The maximum absolute atomic E-state index is 4.93. The molecule has 0 aliphatic carbocycles. The Bertz CT molecular complexity index is 1670. The summed E-state index contributed by atoms with van der Waals surface area (Å²) >= 11 is -0.826. The molecule has 0 saturated heterocycles. The number of fused-ring (bicyclic) bond motifs is 4. The van der Waals surface area contributed by atoms with E-state index >= 15 is 0 Å². The van der Waals surface area contributed by atoms with Crippen LogP contribution in [0.5, 0.6) is 0 Å². The summed E-state index contributed by atoms with van der Waals surface area (Å²) in [6.07, 6.45) is 2.33. The minimum absolute atomic E-state index is 0.565. The van der Waals surface area contributed by atoms with Crippen LogP contribution in [0.15, 0.2) is 84.9 Å². The Morgan fingerprint density at radius 1 is 0.822 bits per heavy atom. The van der Waals surface area contributed by atoms with Crippen LogP contribution in [-0.4, -0.2) is 25.7 Å². The second kappa shape index (κ2) is 15.7. The Morgan fingerprint density at radius 3 is 2.04 bits per heavy atom. The number of benzene rings is 4. The summed E-state index contributed by atoms with van der Waals surface area (Å²) in [7, 11) is 7.86. The van der Waals surface area contributed by atoms with E-state index in [9.17, 15) is 0 Å². The van der Waals surface area contributed by atoms with Crippen LogP contribution >= 0.6 is 17.0 Å². The van der Waals surface area contributed by atoms with Crippen LogP contribution < -0.4 is 20.7 Å². The van der Waals surface area contributed by atoms with Crippen molar-refractivity contribution >= 4 is 74.2 Å². The number of aryl methyl sites for hydroxylation is 1. The van der Waals surface area contributed by atoms with Crippen molar-refractivity contribution in [2.24, 2.45) is 0 Å². The Balaban J connectivity index is 0.000000236. The van der Waals surface area contributed by atoms with Gasteiger partial charge in [-0.15, -0.1) is 40.1 Å². The summed E-state index contributed by atoms with van der Waals surface area (Å²) in [5.41, 5.74) is 8.69. The fourth-order valence-corrected chi connectivity index (χ4v) is 9.67. The average Bonchev–Trinajstić information content (AvgIpc) is 3.59. The first-order valence-electron chi connectivity index (χ1n) is 16.0. The van der Waals surface area contributed by atoms with Gasteiger partial charge in [-0.2, -0.15) is 35.5 Å². The molecule has 5 aromatic rings. The van der Waals surface area contributed by atoms with E-state index in [1.54, 1.807) is 10.4 Å². The summed E-state index contributed by atoms with van der Waals surface area (Å²) in [5.74, 6) is 0.565. The van der Waals surface area contributed by atoms with E-state index in [-0.39, 0.29) is 0 Å². The summed E-state index contributed by atoms with van der Waals surface area (Å²) in [4.78, 5) is 0. The van der Waals surface area contributed by atoms with Crippen molar-refractivity contribution in [1.82, 2.24) is 0 Å². The molecule has 0 fully saturated rings. The smallest absolute Gasteiger partial charge is 0.0920 e. The van der Waals surface area contributed by atoms with Crippen molar-refractivity contribution in [1.29, 1.82) is 0 Å². The molecule has 0 spiro atoms. The number of hydrogen-bond donors (Lipinski definition) is 0. The van der Waals surface area contributed by atoms with Crippen molar-refractivity contribution in [3.63, 3.8) is 0 Å². The monoisotopic (exact) mass is 758 g/mol. The molecule has 0 amide bonds. The zero-order chi connectivity index (χ0) is 32.9. The summed E-state index contributed by atoms with van der Waals surface area (Å²) in [6, 6.07) is 35.4. The first-order valence-corrected chi connectivity index (χ1v) is 30.3. The molecule has 0 nitrogen and oxygen atoms in total. The predicted molar refractivity (Wildman–Crippen MR) is 206 cm³/mol. The minimum atomic E-state index is -1.40. The zero-order valence-corrected chi connectivity index (χ0v) is 35.3. The van der Waals surface area contributed by atoms with Crippen molar-refractivity contribution in [2.75, 3.05) is 0 Å². The Kier molecular flexibility index (Phi) is 12.7. The first kappa shape index (κ1) is 36.4. The maximum atomic E-state index is 4.93. The van der Waals surface area contributed by atoms with Crippen LogP contribution in [-0.2, 0) is 27.3 Å². The van der Waals surface area contributed by atoms with Crippen molar-refractivity contribution in [2.45, 2.75) is 78.8 Å². The van der Waals surface area contributed by atoms with Gasteiger partial charge in [-0.25, -0.2) is 0 Å². The normalized spacial score (nSPS) is 12.1. The molecule has 6 heteroatoms. The summed E-state index contributed by atoms with van der Waals surface area (Å²) in [5, 5.41) is 8.87. The van der Waals surface area contributed by atoms with Gasteiger partial charge in [-0.05, 0) is 17.9 Å². The molecule has 0 aromatic heterocycles. The van der Waals surface area contributed by atoms with Gasteiger partial charge in [0.25, 0.3) is 0 Å². The van der Waals surface area contributed by atoms with E-state index < -0.39 is 37.0 Å². The Hall–Kier alpha value is -1.40. The van der Waals surface area contributed by atoms with Gasteiger partial charge in [0.05, 0.1) is 25.7 Å². The molecule has 0 bridgehead atoms. The standard InChI is InChI=1S/C27H39Si2.C12H7Si.2ClH.Zr/c1-10-11-20-12-13-21-14-22(19(2)3)17-26(21)27(20)23-15-24(28(4,5)6)18-25(16-23)29(7,8)9;1-3-7-11-9(5-1)10-6-2-4-8-12(10)13-11;;;/h12-19H,10-11H2,1-9H3;1-7H;2*1H;/q2*-1;;;+4/p-2. The van der Waals surface area contributed by atoms with E-state index in [1.165, 1.54) is 60.9 Å². The second-order valence-corrected chi connectivity index (χ2v) is 29.5. The summed E-state index contributed by atoms with van der Waals surface area (Å²) in [6.45, 7) is 21.8. The third-order valence-corrected chi connectivity index (χ3v) is 13.9. The number of rotatable bonds is 6. The van der Waals surface area contributed by atoms with E-state index in [0.29, 0.717) is 5.92 Å². The van der Waals surface area contributed by atoms with Crippen molar-refractivity contribution < 1.29 is 20.8 Å². The van der Waals surface area contributed by atoms with Gasteiger partial charge < -0.3 is 0 Å². The molecule has 1 aliphatic rings. The topological polar surface area (TPSA) is 0 Å². The van der Waals surface area contributed by atoms with Gasteiger partial charge in [-0.3, -0.25) is 0 Å². The Morgan fingerprint density at radius 2 is 1.44 bits per heavy atom. The van der Waals surface area contributed by atoms with Gasteiger partial charge in [0.15, 0.2) is 0 Å². The van der Waals surface area contributed by atoms with Gasteiger partial charge in [-0.1, -0.05) is 141 Å². The quantitative estimate of drug-likeness (QED) is 0.117. The van der Waals surface area contributed by atoms with E-state index in [1.807, 2.05) is 6.07 Å². The second-order valence-electron chi connectivity index (χ2n) is 14.3. The van der Waals surface area contributed by atoms with Crippen LogP contribution in [0.25, 0.3) is 33.0 Å². The zero-order valence-electron chi connectivity index (χ0n) is 28.3. The number of hydrogen-bond acceptors (Lipinski definition) is 0. The third kappa shape index (κ3) is 8.95. The summed E-state index contributed by atoms with van der Waals surface area (Å²) < 4.78 is 0. The molecule has 0 atom stereocenters. The fraction of sp³-hybridized carbons (Fsp3) is 0.308. The average molecular weight is 761 g/mol. The molecule has 0 N–H and O–H groups in total. The molecule has 232 valence electrons. The van der Waals surface area contributed by atoms with Gasteiger partial charge in [0.1, 0.15) is 0 Å². The van der Waals surface area contributed by atoms with Gasteiger partial charge in [0.2, 0.25) is 0 Å². The molecule has 1 heterocycles. The van der Waals surface area contributed by atoms with Crippen molar-refractivity contribution in [3.8, 4) is 22.3 Å². The molecular weight excluding hydrogens is 715 g/mol. The number of halogens is 2. The van der Waals surface area contributed by atoms with Crippen molar-refractivity contribution in [3.05, 3.63) is 102 Å². The third-order valence-electron chi connectivity index (χ3n) is 8.47. The van der Waals surface area contributed by atoms with Crippen LogP contribution in [0.2, 0.25) is 39.3 Å². The Labute approximate surface area is 295 Å². The van der Waals surface area contributed by atoms with Crippen LogP contribution in [0, 0.1) is 6.07 Å². The van der Waals surface area contributed by atoms with Crippen LogP contribution in [0.4, 0.5) is 0 Å². The largest absolute Gasteiger partial charge is 0.184 e. The fourth-order valence-electron chi connectivity index (χ4n) is 5.87. The molecule has 0 saturated carbocycles. The molecule has 2 radical (unpaired) electrons. The van der Waals surface area contributed by atoms with Gasteiger partial charge in [0, 0.05) is 0 Å². The van der Waals surface area contributed by atoms with Crippen LogP contribution in [0.1, 0.15) is 44.2 Å². The molecule has 1 aliphatic heterocycles. The molecular formula is C39H46Cl2Si3Zr. The SMILES string of the molecule is CCCc1ccc2[cH-]c(C(C)C)cc2c1-c1cc([Si](C)(C)C)cc([Si](C)(C)C)c1.[Cl][Zr+2][Cl].[c-]1cccc2c1[Si]c1ccccc1-2. The molecule has 5 aromatic carbocycles. The first-order chi connectivity index (χ1) is 21.3. The molecule has 0 unspecified atom stereocenters. The van der Waals surface area contributed by atoms with Gasteiger partial charge >= 0.3 is 37.9 Å². The van der Waals surface area contributed by atoms with E-state index in [2.05, 4.69) is 145 Å². The maximum Gasteiger partial charge on any atom is 0.0920 e. The van der Waals surface area contributed by atoms with E-state index in [4.69, 9.17) is 17.0 Å². The van der Waals surface area contributed by atoms with E-state index in [0.717, 1.165) is 15.9 Å².